The van der Waals surface area contributed by atoms with E-state index in [1.165, 1.54) is 5.56 Å². The first-order valence-electron chi connectivity index (χ1n) is 8.72. The van der Waals surface area contributed by atoms with E-state index in [1.807, 2.05) is 16.7 Å². The topological polar surface area (TPSA) is 40.6 Å². The van der Waals surface area contributed by atoms with Crippen LogP contribution in [0.5, 0.6) is 0 Å². The Balaban J connectivity index is 1.61. The molecule has 1 aromatic carbocycles. The summed E-state index contributed by atoms with van der Waals surface area (Å²) in [7, 11) is 0. The number of rotatable bonds is 2. The Hall–Kier alpha value is -1.84. The minimum absolute atomic E-state index is 0.131. The zero-order valence-corrected chi connectivity index (χ0v) is 13.9. The maximum absolute atomic E-state index is 13.3. The van der Waals surface area contributed by atoms with E-state index in [4.69, 9.17) is 0 Å². The molecule has 3 fully saturated rings. The molecule has 0 spiro atoms. The first-order chi connectivity index (χ1) is 11.0. The fourth-order valence-corrected chi connectivity index (χ4v) is 4.23. The molecule has 2 saturated heterocycles. The number of amides is 2. The predicted octanol–water partition coefficient (Wildman–Crippen LogP) is 2.25. The van der Waals surface area contributed by atoms with Crippen LogP contribution in [0.25, 0.3) is 0 Å². The fourth-order valence-electron chi connectivity index (χ4n) is 4.23. The van der Waals surface area contributed by atoms with Crippen LogP contribution in [-0.2, 0) is 15.0 Å². The summed E-state index contributed by atoms with van der Waals surface area (Å²) in [6.07, 6.45) is 3.90. The summed E-state index contributed by atoms with van der Waals surface area (Å²) in [6, 6.07) is 8.23. The smallest absolute Gasteiger partial charge is 0.245 e. The molecule has 4 heteroatoms. The third-order valence-corrected chi connectivity index (χ3v) is 5.92. The van der Waals surface area contributed by atoms with Crippen molar-refractivity contribution in [3.05, 3.63) is 35.4 Å². The molecular formula is C19H24N2O2. The molecule has 2 aliphatic heterocycles. The number of benzene rings is 1. The zero-order valence-electron chi connectivity index (χ0n) is 13.9. The van der Waals surface area contributed by atoms with E-state index in [-0.39, 0.29) is 29.3 Å². The minimum atomic E-state index is -0.372. The second kappa shape index (κ2) is 5.08. The third-order valence-electron chi connectivity index (χ3n) is 5.92. The van der Waals surface area contributed by atoms with Crippen molar-refractivity contribution in [3.8, 4) is 0 Å². The average molecular weight is 312 g/mol. The molecule has 1 saturated carbocycles. The predicted molar refractivity (Wildman–Crippen MR) is 88.0 cm³/mol. The molecular weight excluding hydrogens is 288 g/mol. The Bertz CT molecular complexity index is 648. The molecule has 2 atom stereocenters. The van der Waals surface area contributed by atoms with Crippen LogP contribution in [0.1, 0.15) is 43.7 Å². The van der Waals surface area contributed by atoms with Gasteiger partial charge in [0.05, 0.1) is 5.41 Å². The van der Waals surface area contributed by atoms with E-state index in [0.29, 0.717) is 6.54 Å². The largest absolute Gasteiger partial charge is 0.336 e. The van der Waals surface area contributed by atoms with E-state index >= 15 is 0 Å². The van der Waals surface area contributed by atoms with Gasteiger partial charge in [0, 0.05) is 19.1 Å². The average Bonchev–Trinajstić information content (AvgIpc) is 3.22. The number of hydrogen-bond donors (Lipinski definition) is 0. The fraction of sp³-hybridized carbons (Fsp3) is 0.579. The van der Waals surface area contributed by atoms with E-state index in [0.717, 1.165) is 37.8 Å². The molecule has 1 aliphatic carbocycles. The summed E-state index contributed by atoms with van der Waals surface area (Å²) in [5.41, 5.74) is 1.95. The van der Waals surface area contributed by atoms with Crippen molar-refractivity contribution in [1.82, 2.24) is 9.80 Å². The normalized spacial score (nSPS) is 28.7. The van der Waals surface area contributed by atoms with Crippen LogP contribution < -0.4 is 0 Å². The van der Waals surface area contributed by atoms with Crippen LogP contribution >= 0.6 is 0 Å². The van der Waals surface area contributed by atoms with Crippen molar-refractivity contribution in [2.45, 2.75) is 57.0 Å². The molecule has 2 amide bonds. The van der Waals surface area contributed by atoms with Gasteiger partial charge in [-0.05, 0) is 45.1 Å². The first-order valence-corrected chi connectivity index (χ1v) is 8.72. The van der Waals surface area contributed by atoms with E-state index < -0.39 is 0 Å². The van der Waals surface area contributed by atoms with Crippen LogP contribution in [0.3, 0.4) is 0 Å². The molecule has 0 N–H and O–H groups in total. The SMILES string of the molecule is Cc1ccc(C2(C(=O)N3C[C@H]4CCCN4C(=O)[C@@H]3C)CC2)cc1. The maximum atomic E-state index is 13.3. The number of hydrogen-bond acceptors (Lipinski definition) is 2. The van der Waals surface area contributed by atoms with Crippen molar-refractivity contribution in [3.63, 3.8) is 0 Å². The third kappa shape index (κ3) is 2.19. The number of fused-ring (bicyclic) bond motifs is 1. The van der Waals surface area contributed by atoms with Gasteiger partial charge < -0.3 is 9.80 Å². The Labute approximate surface area is 137 Å². The number of carbonyl (C=O) groups is 2. The van der Waals surface area contributed by atoms with Crippen LogP contribution in [0.15, 0.2) is 24.3 Å². The molecule has 3 aliphatic rings. The Morgan fingerprint density at radius 1 is 1.22 bits per heavy atom. The Kier molecular flexibility index (Phi) is 3.26. The lowest BCUT2D eigenvalue weighted by Crippen LogP contribution is -2.61. The molecule has 0 bridgehead atoms. The lowest BCUT2D eigenvalue weighted by atomic mass is 9.92. The molecule has 0 radical (unpaired) electrons. The van der Waals surface area contributed by atoms with Crippen LogP contribution in [0.2, 0.25) is 0 Å². The summed E-state index contributed by atoms with van der Waals surface area (Å²) < 4.78 is 0. The zero-order chi connectivity index (χ0) is 16.2. The van der Waals surface area contributed by atoms with Gasteiger partial charge in [0.25, 0.3) is 0 Å². The van der Waals surface area contributed by atoms with Crippen LogP contribution in [-0.4, -0.2) is 46.8 Å². The van der Waals surface area contributed by atoms with E-state index in [9.17, 15) is 9.59 Å². The molecule has 122 valence electrons. The first kappa shape index (κ1) is 14.7. The highest BCUT2D eigenvalue weighted by atomic mass is 16.2. The molecule has 2 heterocycles. The highest BCUT2D eigenvalue weighted by Gasteiger charge is 2.55. The Morgan fingerprint density at radius 2 is 1.91 bits per heavy atom. The van der Waals surface area contributed by atoms with Crippen molar-refractivity contribution in [2.24, 2.45) is 0 Å². The van der Waals surface area contributed by atoms with Crippen molar-refractivity contribution >= 4 is 11.8 Å². The summed E-state index contributed by atoms with van der Waals surface area (Å²) in [5.74, 6) is 0.292. The highest BCUT2D eigenvalue weighted by Crippen LogP contribution is 2.50. The lowest BCUT2D eigenvalue weighted by molar-refractivity contribution is -0.153. The molecule has 23 heavy (non-hydrogen) atoms. The number of nitrogens with zero attached hydrogens (tertiary/aromatic N) is 2. The lowest BCUT2D eigenvalue weighted by Gasteiger charge is -2.43. The summed E-state index contributed by atoms with van der Waals surface area (Å²) in [5, 5.41) is 0. The van der Waals surface area contributed by atoms with Crippen molar-refractivity contribution in [2.75, 3.05) is 13.1 Å². The number of aryl methyl sites for hydroxylation is 1. The summed E-state index contributed by atoms with van der Waals surface area (Å²) >= 11 is 0. The van der Waals surface area contributed by atoms with Crippen LogP contribution in [0.4, 0.5) is 0 Å². The quantitative estimate of drug-likeness (QED) is 0.840. The summed E-state index contributed by atoms with van der Waals surface area (Å²) in [6.45, 7) is 5.52. The molecule has 4 nitrogen and oxygen atoms in total. The molecule has 0 aromatic heterocycles. The van der Waals surface area contributed by atoms with Crippen LogP contribution in [0, 0.1) is 6.92 Å². The van der Waals surface area contributed by atoms with Gasteiger partial charge in [-0.3, -0.25) is 9.59 Å². The maximum Gasteiger partial charge on any atom is 0.245 e. The van der Waals surface area contributed by atoms with E-state index in [2.05, 4.69) is 31.2 Å². The minimum Gasteiger partial charge on any atom is -0.336 e. The van der Waals surface area contributed by atoms with Gasteiger partial charge in [-0.15, -0.1) is 0 Å². The molecule has 1 aromatic rings. The highest BCUT2D eigenvalue weighted by molar-refractivity contribution is 5.96. The van der Waals surface area contributed by atoms with Gasteiger partial charge in [0.2, 0.25) is 11.8 Å². The Morgan fingerprint density at radius 3 is 2.57 bits per heavy atom. The second-order valence-electron chi connectivity index (χ2n) is 7.41. The second-order valence-corrected chi connectivity index (χ2v) is 7.41. The van der Waals surface area contributed by atoms with Gasteiger partial charge in [-0.25, -0.2) is 0 Å². The van der Waals surface area contributed by atoms with Crippen molar-refractivity contribution < 1.29 is 9.59 Å². The van der Waals surface area contributed by atoms with Crippen molar-refractivity contribution in [1.29, 1.82) is 0 Å². The van der Waals surface area contributed by atoms with Gasteiger partial charge in [-0.1, -0.05) is 29.8 Å². The summed E-state index contributed by atoms with van der Waals surface area (Å²) in [4.78, 5) is 29.7. The van der Waals surface area contributed by atoms with Gasteiger partial charge in [0.15, 0.2) is 0 Å². The number of carbonyl (C=O) groups excluding carboxylic acids is 2. The molecule has 0 unspecified atom stereocenters. The van der Waals surface area contributed by atoms with Gasteiger partial charge in [0.1, 0.15) is 6.04 Å². The van der Waals surface area contributed by atoms with E-state index in [1.54, 1.807) is 0 Å². The number of piperazine rings is 1. The standard InChI is InChI=1S/C19H24N2O2/c1-13-5-7-15(8-6-13)19(9-10-19)18(23)21-12-16-4-3-11-20(16)17(22)14(21)2/h5-8,14,16H,3-4,9-12H2,1-2H3/t14-,16+/m0/s1. The monoisotopic (exact) mass is 312 g/mol. The molecule has 4 rings (SSSR count). The van der Waals surface area contributed by atoms with Gasteiger partial charge >= 0.3 is 0 Å². The van der Waals surface area contributed by atoms with Gasteiger partial charge in [-0.2, -0.15) is 0 Å².